The van der Waals surface area contributed by atoms with Crippen LogP contribution in [-0.2, 0) is 30.4 Å². The molecule has 0 radical (unpaired) electrons. The molecule has 0 fully saturated rings. The molecule has 4 rings (SSSR count). The number of thiophene rings is 1. The Labute approximate surface area is 229 Å². The van der Waals surface area contributed by atoms with E-state index in [1.54, 1.807) is 6.07 Å². The first kappa shape index (κ1) is 28.9. The fourth-order valence-corrected chi connectivity index (χ4v) is 6.13. The maximum absolute atomic E-state index is 12.9. The first-order chi connectivity index (χ1) is 18.1. The van der Waals surface area contributed by atoms with E-state index < -0.39 is 44.2 Å². The number of hydrogen-bond donors (Lipinski definition) is 4. The highest BCUT2D eigenvalue weighted by molar-refractivity contribution is 7.86. The van der Waals surface area contributed by atoms with Crippen LogP contribution >= 0.6 is 11.3 Å². The van der Waals surface area contributed by atoms with Crippen molar-refractivity contribution in [2.75, 3.05) is 34.8 Å². The summed E-state index contributed by atoms with van der Waals surface area (Å²) in [5.74, 6) is -2.26. The molecule has 0 saturated carbocycles. The van der Waals surface area contributed by atoms with Gasteiger partial charge in [-0.1, -0.05) is 13.8 Å². The van der Waals surface area contributed by atoms with Gasteiger partial charge in [0.25, 0.3) is 26.1 Å². The number of amides is 2. The summed E-state index contributed by atoms with van der Waals surface area (Å²) in [4.78, 5) is 30.0. The van der Waals surface area contributed by atoms with Crippen LogP contribution in [0, 0.1) is 0 Å². The lowest BCUT2D eigenvalue weighted by atomic mass is 9.80. The molecule has 0 bridgehead atoms. The van der Waals surface area contributed by atoms with Crippen molar-refractivity contribution in [3.8, 4) is 11.1 Å². The Balaban J connectivity index is 1.86. The molecule has 1 aliphatic heterocycles. The largest absolute Gasteiger partial charge is 0.381 e. The van der Waals surface area contributed by atoms with Gasteiger partial charge in [0.15, 0.2) is 0 Å². The van der Waals surface area contributed by atoms with Crippen LogP contribution in [0.25, 0.3) is 21.2 Å². The summed E-state index contributed by atoms with van der Waals surface area (Å²) in [7, 11) is -8.71. The number of hydrogen-bond acceptors (Lipinski definition) is 9. The highest BCUT2D eigenvalue weighted by Gasteiger charge is 2.38. The lowest BCUT2D eigenvalue weighted by Gasteiger charge is -2.24. The predicted octanol–water partition coefficient (Wildman–Crippen LogP) is 2.52. The molecular formula is C24H28N4O8S3. The first-order valence-electron chi connectivity index (χ1n) is 11.8. The van der Waals surface area contributed by atoms with Crippen molar-refractivity contribution in [1.82, 2.24) is 10.3 Å². The average molecular weight is 597 g/mol. The molecule has 39 heavy (non-hydrogen) atoms. The number of aromatic nitrogens is 1. The van der Waals surface area contributed by atoms with E-state index in [9.17, 15) is 31.0 Å². The highest BCUT2D eigenvalue weighted by Crippen LogP contribution is 2.49. The Morgan fingerprint density at radius 2 is 1.87 bits per heavy atom. The van der Waals surface area contributed by atoms with Gasteiger partial charge in [0.1, 0.15) is 11.5 Å². The minimum atomic E-state index is -4.39. The second-order valence-corrected chi connectivity index (χ2v) is 13.9. The molecule has 3 aromatic rings. The molecule has 0 saturated heterocycles. The second-order valence-electron chi connectivity index (χ2n) is 9.82. The standard InChI is InChI=1S/C24H28N4O8S3/c1-14-24(2,3)18-12-17(22-16(4-7-37-22)21(18)26-14)15-10-19(23(30)25-5-8-38(31,32)33)27-20(11-15)28(13-29)6-9-39(34,35)36/h4,7,10-14,26H,5-6,8-9H2,1-3H3,(H,25,30)(H,31,32,33)(H,34,35,36). The van der Waals surface area contributed by atoms with Gasteiger partial charge in [-0.2, -0.15) is 16.8 Å². The SMILES string of the molecule is CC1Nc2c(cc(-c3cc(C(=O)NCCS(=O)(=O)O)nc(N(C=O)CCS(=O)(=O)O)c3)c3sccc23)C1(C)C. The molecule has 15 heteroatoms. The van der Waals surface area contributed by atoms with Gasteiger partial charge in [0.2, 0.25) is 6.41 Å². The third-order valence-corrected chi connectivity index (χ3v) is 9.25. The van der Waals surface area contributed by atoms with Gasteiger partial charge in [-0.05, 0) is 47.7 Å². The average Bonchev–Trinajstić information content (AvgIpc) is 3.40. The molecule has 0 aliphatic carbocycles. The van der Waals surface area contributed by atoms with Crippen LogP contribution in [0.4, 0.5) is 11.5 Å². The third kappa shape index (κ3) is 6.22. The molecule has 1 aromatic carbocycles. The molecule has 4 N–H and O–H groups in total. The van der Waals surface area contributed by atoms with Gasteiger partial charge in [0, 0.05) is 45.9 Å². The summed E-state index contributed by atoms with van der Waals surface area (Å²) < 4.78 is 63.8. The second kappa shape index (κ2) is 10.5. The van der Waals surface area contributed by atoms with E-state index in [-0.39, 0.29) is 29.5 Å². The fourth-order valence-electron chi connectivity index (χ4n) is 4.40. The maximum atomic E-state index is 12.9. The van der Waals surface area contributed by atoms with E-state index in [0.29, 0.717) is 12.0 Å². The number of pyridine rings is 1. The van der Waals surface area contributed by atoms with Crippen molar-refractivity contribution >= 4 is 65.5 Å². The molecule has 1 atom stereocenters. The van der Waals surface area contributed by atoms with Crippen molar-refractivity contribution < 1.29 is 35.5 Å². The van der Waals surface area contributed by atoms with E-state index in [1.165, 1.54) is 17.4 Å². The fraction of sp³-hybridized carbons (Fsp3) is 0.375. The number of nitrogens with zero attached hydrogens (tertiary/aromatic N) is 2. The lowest BCUT2D eigenvalue weighted by molar-refractivity contribution is -0.107. The third-order valence-electron chi connectivity index (χ3n) is 6.89. The van der Waals surface area contributed by atoms with Gasteiger partial charge in [-0.3, -0.25) is 23.6 Å². The van der Waals surface area contributed by atoms with Crippen molar-refractivity contribution in [2.24, 2.45) is 0 Å². The molecule has 0 spiro atoms. The predicted molar refractivity (Wildman–Crippen MR) is 150 cm³/mol. The molecule has 3 heterocycles. The molecule has 2 amide bonds. The van der Waals surface area contributed by atoms with Crippen LogP contribution in [0.15, 0.2) is 29.6 Å². The van der Waals surface area contributed by atoms with Crippen LogP contribution in [-0.4, -0.2) is 73.9 Å². The zero-order chi connectivity index (χ0) is 28.8. The van der Waals surface area contributed by atoms with Crippen LogP contribution in [0.2, 0.25) is 0 Å². The number of carbonyl (C=O) groups is 2. The van der Waals surface area contributed by atoms with E-state index in [4.69, 9.17) is 4.55 Å². The normalized spacial score (nSPS) is 16.5. The number of fused-ring (bicyclic) bond motifs is 3. The van der Waals surface area contributed by atoms with E-state index >= 15 is 0 Å². The summed E-state index contributed by atoms with van der Waals surface area (Å²) in [5, 5.41) is 8.86. The van der Waals surface area contributed by atoms with Gasteiger partial charge < -0.3 is 10.6 Å². The Kier molecular flexibility index (Phi) is 7.75. The number of carbonyl (C=O) groups excluding carboxylic acids is 2. The van der Waals surface area contributed by atoms with E-state index in [2.05, 4.69) is 36.4 Å². The quantitative estimate of drug-likeness (QED) is 0.200. The van der Waals surface area contributed by atoms with E-state index in [1.807, 2.05) is 17.5 Å². The Morgan fingerprint density at radius 1 is 1.18 bits per heavy atom. The highest BCUT2D eigenvalue weighted by atomic mass is 32.2. The molecule has 1 aliphatic rings. The first-order valence-corrected chi connectivity index (χ1v) is 15.9. The van der Waals surface area contributed by atoms with Crippen LogP contribution in [0.1, 0.15) is 36.8 Å². The summed E-state index contributed by atoms with van der Waals surface area (Å²) in [5.41, 5.74) is 2.98. The van der Waals surface area contributed by atoms with Crippen molar-refractivity contribution in [3.05, 3.63) is 40.9 Å². The van der Waals surface area contributed by atoms with Gasteiger partial charge in [-0.25, -0.2) is 4.98 Å². The van der Waals surface area contributed by atoms with E-state index in [0.717, 1.165) is 31.8 Å². The molecular weight excluding hydrogens is 568 g/mol. The lowest BCUT2D eigenvalue weighted by Crippen LogP contribution is -2.31. The van der Waals surface area contributed by atoms with Crippen molar-refractivity contribution in [1.29, 1.82) is 0 Å². The van der Waals surface area contributed by atoms with Gasteiger partial charge in [-0.15, -0.1) is 11.3 Å². The van der Waals surface area contributed by atoms with Gasteiger partial charge >= 0.3 is 0 Å². The van der Waals surface area contributed by atoms with Crippen LogP contribution in [0.5, 0.6) is 0 Å². The summed E-state index contributed by atoms with van der Waals surface area (Å²) in [6, 6.07) is 7.21. The monoisotopic (exact) mass is 596 g/mol. The van der Waals surface area contributed by atoms with Crippen molar-refractivity contribution in [3.63, 3.8) is 0 Å². The minimum Gasteiger partial charge on any atom is -0.381 e. The summed E-state index contributed by atoms with van der Waals surface area (Å²) >= 11 is 1.49. The van der Waals surface area contributed by atoms with Crippen LogP contribution < -0.4 is 15.5 Å². The Hall–Kier alpha value is -3.11. The van der Waals surface area contributed by atoms with Crippen molar-refractivity contribution in [2.45, 2.75) is 32.2 Å². The number of benzene rings is 1. The summed E-state index contributed by atoms with van der Waals surface area (Å²) in [6.45, 7) is 5.52. The zero-order valence-corrected chi connectivity index (χ0v) is 23.8. The zero-order valence-electron chi connectivity index (χ0n) is 21.3. The maximum Gasteiger partial charge on any atom is 0.270 e. The van der Waals surface area contributed by atoms with Gasteiger partial charge in [0.05, 0.1) is 11.5 Å². The molecule has 1 unspecified atom stereocenters. The number of nitrogens with one attached hydrogen (secondary N) is 2. The molecule has 12 nitrogen and oxygen atoms in total. The Morgan fingerprint density at radius 3 is 2.51 bits per heavy atom. The summed E-state index contributed by atoms with van der Waals surface area (Å²) in [6.07, 6.45) is 0.343. The smallest absolute Gasteiger partial charge is 0.270 e. The number of anilines is 2. The molecule has 210 valence electrons. The molecule has 2 aromatic heterocycles. The Bertz CT molecular complexity index is 1670. The minimum absolute atomic E-state index is 0.0398. The number of rotatable bonds is 10. The topological polar surface area (TPSA) is 183 Å². The van der Waals surface area contributed by atoms with Crippen LogP contribution in [0.3, 0.4) is 0 Å².